The number of rotatable bonds is 5. The molecule has 0 atom stereocenters. The fourth-order valence-corrected chi connectivity index (χ4v) is 7.48. The third-order valence-corrected chi connectivity index (χ3v) is 9.64. The molecule has 9 aromatic rings. The molecule has 0 aliphatic carbocycles. The van der Waals surface area contributed by atoms with Crippen molar-refractivity contribution in [3.63, 3.8) is 0 Å². The molecule has 3 nitrogen and oxygen atoms in total. The lowest BCUT2D eigenvalue weighted by atomic mass is 10.0. The van der Waals surface area contributed by atoms with E-state index in [2.05, 4.69) is 126 Å². The molecule has 0 bridgehead atoms. The van der Waals surface area contributed by atoms with E-state index >= 15 is 0 Å². The maximum atomic E-state index is 6.24. The van der Waals surface area contributed by atoms with Gasteiger partial charge >= 0.3 is 0 Å². The van der Waals surface area contributed by atoms with Gasteiger partial charge < -0.3 is 9.32 Å². The smallest absolute Gasteiger partial charge is 0.227 e. The van der Waals surface area contributed by atoms with Crippen LogP contribution in [0.3, 0.4) is 0 Å². The van der Waals surface area contributed by atoms with Crippen LogP contribution in [0.4, 0.5) is 17.1 Å². The van der Waals surface area contributed by atoms with Crippen LogP contribution in [0.5, 0.6) is 0 Å². The van der Waals surface area contributed by atoms with Crippen LogP contribution in [0.1, 0.15) is 0 Å². The van der Waals surface area contributed by atoms with E-state index in [1.54, 1.807) is 0 Å². The highest BCUT2D eigenvalue weighted by Gasteiger charge is 2.19. The standard InChI is InChI=1S/C41H26N2OS/c1-3-10-27(11-4-1)28-18-20-30(21-19-28)43(31-22-23-34-33-14-7-8-17-38(33)45-39(34)26-31)36-16-9-15-35-32(36)24-25-37-40(35)42-41(44-37)29-12-5-2-6-13-29/h1-26H. The van der Waals surface area contributed by atoms with Crippen molar-refractivity contribution in [2.45, 2.75) is 0 Å². The Kier molecular flexibility index (Phi) is 6.00. The molecular formula is C41H26N2OS. The van der Waals surface area contributed by atoms with Crippen molar-refractivity contribution in [1.82, 2.24) is 4.98 Å². The summed E-state index contributed by atoms with van der Waals surface area (Å²) in [6.45, 7) is 0. The Bertz CT molecular complexity index is 2480. The van der Waals surface area contributed by atoms with E-state index < -0.39 is 0 Å². The summed E-state index contributed by atoms with van der Waals surface area (Å²) in [5, 5.41) is 4.76. The van der Waals surface area contributed by atoms with Gasteiger partial charge in [-0.25, -0.2) is 4.98 Å². The zero-order chi connectivity index (χ0) is 29.7. The zero-order valence-electron chi connectivity index (χ0n) is 24.2. The van der Waals surface area contributed by atoms with Gasteiger partial charge in [0.2, 0.25) is 5.89 Å². The molecule has 0 radical (unpaired) electrons. The molecule has 9 rings (SSSR count). The minimum absolute atomic E-state index is 0.632. The monoisotopic (exact) mass is 594 g/mol. The molecule has 45 heavy (non-hydrogen) atoms. The Morgan fingerprint density at radius 1 is 0.467 bits per heavy atom. The van der Waals surface area contributed by atoms with Gasteiger partial charge in [-0.2, -0.15) is 0 Å². The first kappa shape index (κ1) is 25.8. The number of aromatic nitrogens is 1. The average molecular weight is 595 g/mol. The molecule has 2 heterocycles. The highest BCUT2D eigenvalue weighted by atomic mass is 32.1. The van der Waals surface area contributed by atoms with E-state index in [0.717, 1.165) is 44.5 Å². The highest BCUT2D eigenvalue weighted by molar-refractivity contribution is 7.25. The summed E-state index contributed by atoms with van der Waals surface area (Å²) in [4.78, 5) is 7.35. The molecule has 0 N–H and O–H groups in total. The van der Waals surface area contributed by atoms with E-state index in [-0.39, 0.29) is 0 Å². The Balaban J connectivity index is 1.24. The van der Waals surface area contributed by atoms with Gasteiger partial charge in [0.15, 0.2) is 5.58 Å². The van der Waals surface area contributed by atoms with Gasteiger partial charge in [0.1, 0.15) is 5.52 Å². The van der Waals surface area contributed by atoms with E-state index in [1.165, 1.54) is 31.3 Å². The SMILES string of the molecule is c1ccc(-c2ccc(N(c3ccc4c(c3)sc3ccccc34)c3cccc4c3ccc3oc(-c5ccccc5)nc34)cc2)cc1. The largest absolute Gasteiger partial charge is 0.436 e. The molecule has 0 spiro atoms. The maximum absolute atomic E-state index is 6.24. The quantitative estimate of drug-likeness (QED) is 0.198. The summed E-state index contributed by atoms with van der Waals surface area (Å²) in [5.74, 6) is 0.632. The average Bonchev–Trinajstić information content (AvgIpc) is 3.72. The van der Waals surface area contributed by atoms with Crippen LogP contribution in [-0.2, 0) is 0 Å². The number of fused-ring (bicyclic) bond motifs is 6. The second-order valence-corrected chi connectivity index (χ2v) is 12.3. The van der Waals surface area contributed by atoms with Crippen LogP contribution in [-0.4, -0.2) is 4.98 Å². The van der Waals surface area contributed by atoms with Crippen molar-refractivity contribution in [3.8, 4) is 22.6 Å². The first-order valence-corrected chi connectivity index (χ1v) is 15.9. The number of thiophene rings is 1. The minimum Gasteiger partial charge on any atom is -0.436 e. The van der Waals surface area contributed by atoms with Crippen LogP contribution in [0.25, 0.3) is 64.6 Å². The van der Waals surface area contributed by atoms with E-state index in [1.807, 2.05) is 47.7 Å². The maximum Gasteiger partial charge on any atom is 0.227 e. The second kappa shape index (κ2) is 10.5. The first-order valence-electron chi connectivity index (χ1n) is 15.0. The fourth-order valence-electron chi connectivity index (χ4n) is 6.35. The topological polar surface area (TPSA) is 29.3 Å². The Morgan fingerprint density at radius 3 is 1.93 bits per heavy atom. The molecule has 0 aliphatic heterocycles. The number of benzene rings is 7. The van der Waals surface area contributed by atoms with E-state index in [4.69, 9.17) is 9.40 Å². The Morgan fingerprint density at radius 2 is 1.11 bits per heavy atom. The van der Waals surface area contributed by atoms with Gasteiger partial charge in [-0.15, -0.1) is 11.3 Å². The molecule has 0 aliphatic rings. The number of oxazole rings is 1. The van der Waals surface area contributed by atoms with Gasteiger partial charge in [-0.3, -0.25) is 0 Å². The summed E-state index contributed by atoms with van der Waals surface area (Å²) in [5.41, 5.74) is 8.30. The summed E-state index contributed by atoms with van der Waals surface area (Å²) in [6.07, 6.45) is 0. The van der Waals surface area contributed by atoms with Crippen molar-refractivity contribution in [2.24, 2.45) is 0 Å². The fraction of sp³-hybridized carbons (Fsp3) is 0. The van der Waals surface area contributed by atoms with Crippen molar-refractivity contribution < 1.29 is 4.42 Å². The molecule has 0 saturated heterocycles. The lowest BCUT2D eigenvalue weighted by Crippen LogP contribution is -2.10. The molecular weight excluding hydrogens is 569 g/mol. The number of hydrogen-bond donors (Lipinski definition) is 0. The summed E-state index contributed by atoms with van der Waals surface area (Å²) in [6, 6.07) is 55.6. The third kappa shape index (κ3) is 4.38. The van der Waals surface area contributed by atoms with Crippen molar-refractivity contribution in [2.75, 3.05) is 4.90 Å². The normalized spacial score (nSPS) is 11.6. The van der Waals surface area contributed by atoms with Crippen molar-refractivity contribution in [1.29, 1.82) is 0 Å². The van der Waals surface area contributed by atoms with Crippen LogP contribution in [0.15, 0.2) is 162 Å². The molecule has 0 fully saturated rings. The third-order valence-electron chi connectivity index (χ3n) is 8.51. The van der Waals surface area contributed by atoms with E-state index in [0.29, 0.717) is 5.89 Å². The van der Waals surface area contributed by atoms with Crippen LogP contribution in [0.2, 0.25) is 0 Å². The Labute approximate surface area is 264 Å². The summed E-state index contributed by atoms with van der Waals surface area (Å²) in [7, 11) is 0. The van der Waals surface area contributed by atoms with Crippen LogP contribution < -0.4 is 4.90 Å². The molecule has 0 unspecified atom stereocenters. The number of anilines is 3. The highest BCUT2D eigenvalue weighted by Crippen LogP contribution is 2.44. The van der Waals surface area contributed by atoms with E-state index in [9.17, 15) is 0 Å². The molecule has 0 saturated carbocycles. The van der Waals surface area contributed by atoms with Crippen molar-refractivity contribution >= 4 is 70.4 Å². The predicted octanol–water partition coefficient (Wildman–Crippen LogP) is 12.2. The predicted molar refractivity (Wildman–Crippen MR) is 190 cm³/mol. The summed E-state index contributed by atoms with van der Waals surface area (Å²) < 4.78 is 8.81. The van der Waals surface area contributed by atoms with Gasteiger partial charge in [0, 0.05) is 47.9 Å². The minimum atomic E-state index is 0.632. The lowest BCUT2D eigenvalue weighted by Gasteiger charge is -2.27. The van der Waals surface area contributed by atoms with Gasteiger partial charge in [0.25, 0.3) is 0 Å². The van der Waals surface area contributed by atoms with Gasteiger partial charge in [0.05, 0.1) is 5.69 Å². The molecule has 4 heteroatoms. The molecule has 7 aromatic carbocycles. The zero-order valence-corrected chi connectivity index (χ0v) is 25.0. The molecule has 2 aromatic heterocycles. The first-order chi connectivity index (χ1) is 22.3. The number of hydrogen-bond acceptors (Lipinski definition) is 4. The Hall–Kier alpha value is -5.71. The number of nitrogens with zero attached hydrogens (tertiary/aromatic N) is 2. The van der Waals surface area contributed by atoms with Crippen molar-refractivity contribution in [3.05, 3.63) is 158 Å². The second-order valence-electron chi connectivity index (χ2n) is 11.2. The van der Waals surface area contributed by atoms with Crippen LogP contribution in [0, 0.1) is 0 Å². The molecule has 212 valence electrons. The summed E-state index contributed by atoms with van der Waals surface area (Å²) >= 11 is 1.84. The lowest BCUT2D eigenvalue weighted by molar-refractivity contribution is 0.620. The van der Waals surface area contributed by atoms with Gasteiger partial charge in [-0.05, 0) is 71.8 Å². The van der Waals surface area contributed by atoms with Crippen LogP contribution >= 0.6 is 11.3 Å². The molecule has 0 amide bonds. The van der Waals surface area contributed by atoms with Gasteiger partial charge in [-0.1, -0.05) is 97.1 Å².